The number of ether oxygens (including phenoxy) is 8. The minimum Gasteiger partial charge on any atom is -0.497 e. The molecule has 0 spiro atoms. The van der Waals surface area contributed by atoms with E-state index in [1.807, 2.05) is 78.9 Å². The molecular weight excluding hydrogens is 995 g/mol. The third-order valence-electron chi connectivity index (χ3n) is 12.5. The summed E-state index contributed by atoms with van der Waals surface area (Å²) < 4.78 is 45.7. The number of alkyl carbamates (subject to hydrolysis) is 1. The van der Waals surface area contributed by atoms with Gasteiger partial charge in [0.15, 0.2) is 0 Å². The highest BCUT2D eigenvalue weighted by molar-refractivity contribution is 5.85. The molecule has 19 nitrogen and oxygen atoms in total. The van der Waals surface area contributed by atoms with Gasteiger partial charge in [-0.1, -0.05) is 81.3 Å². The second-order valence-electron chi connectivity index (χ2n) is 18.3. The topological polar surface area (TPSA) is 250 Å². The summed E-state index contributed by atoms with van der Waals surface area (Å²) in [4.78, 5) is 84.6. The lowest BCUT2D eigenvalue weighted by Gasteiger charge is -2.37. The summed E-state index contributed by atoms with van der Waals surface area (Å²) in [7, 11) is 3.21. The first-order chi connectivity index (χ1) is 37.3. The number of rotatable bonds is 44. The number of ketones is 2. The Morgan fingerprint density at radius 2 is 1.12 bits per heavy atom. The monoisotopic (exact) mass is 1080 g/mol. The minimum absolute atomic E-state index is 0.00162. The standard InChI is InChI=1S/C58H83N3O16/c1-5-48(62)23-29-52(41-61-53(64)6-2)77-57(69)60-34-14-36-73-38-40-74-39-37-72-35-13-33-59-54(65)30-24-49(63)18-12-7-9-15-44(42-75-56(68)32-31-55(66)67)43-76-58(45-16-10-8-11-17-45,46-19-25-50(70-3)26-20-46)47-21-27-51(71-4)28-22-47/h8,10-11,16-17,19-22,25-28,44,52H,5-7,9,12-15,18,23-24,29-43H2,1-4H3,(H,59,65)(H,60,69)(H,61,64)(H,66,67). The molecule has 0 radical (unpaired) electrons. The van der Waals surface area contributed by atoms with E-state index in [9.17, 15) is 33.6 Å². The maximum Gasteiger partial charge on any atom is 0.407 e. The molecule has 0 aromatic heterocycles. The van der Waals surface area contributed by atoms with Gasteiger partial charge in [0.05, 0.1) is 73.2 Å². The van der Waals surface area contributed by atoms with Gasteiger partial charge in [0.25, 0.3) is 0 Å². The van der Waals surface area contributed by atoms with E-state index in [1.165, 1.54) is 0 Å². The number of aliphatic carboxylic acids is 1. The molecule has 0 fully saturated rings. The van der Waals surface area contributed by atoms with Crippen LogP contribution < -0.4 is 25.4 Å². The van der Waals surface area contributed by atoms with Crippen molar-refractivity contribution >= 4 is 41.4 Å². The number of hydrogen-bond acceptors (Lipinski definition) is 15. The van der Waals surface area contributed by atoms with E-state index in [-0.39, 0.29) is 81.2 Å². The van der Waals surface area contributed by atoms with Gasteiger partial charge < -0.3 is 59.0 Å². The molecule has 3 amide bonds. The van der Waals surface area contributed by atoms with Gasteiger partial charge in [-0.2, -0.15) is 0 Å². The number of carbonyl (C=O) groups excluding carboxylic acids is 6. The molecule has 2 unspecified atom stereocenters. The Hall–Kier alpha value is -6.41. The molecule has 0 saturated heterocycles. The highest BCUT2D eigenvalue weighted by Crippen LogP contribution is 2.42. The molecule has 0 aliphatic rings. The van der Waals surface area contributed by atoms with Crippen molar-refractivity contribution in [3.05, 3.63) is 95.6 Å². The molecule has 3 aromatic rings. The summed E-state index contributed by atoms with van der Waals surface area (Å²) in [5, 5.41) is 17.3. The van der Waals surface area contributed by atoms with Crippen LogP contribution in [0.5, 0.6) is 11.5 Å². The number of carboxylic acids is 1. The molecular formula is C58H83N3O16. The number of esters is 1. The molecule has 0 saturated carbocycles. The van der Waals surface area contributed by atoms with Gasteiger partial charge in [-0.15, -0.1) is 0 Å². The van der Waals surface area contributed by atoms with E-state index in [2.05, 4.69) is 16.0 Å². The highest BCUT2D eigenvalue weighted by Gasteiger charge is 2.38. The average molecular weight is 1080 g/mol. The second kappa shape index (κ2) is 39.0. The summed E-state index contributed by atoms with van der Waals surface area (Å²) >= 11 is 0. The van der Waals surface area contributed by atoms with E-state index in [0.717, 1.165) is 23.1 Å². The third kappa shape index (κ3) is 27.0. The Balaban J connectivity index is 1.32. The number of benzene rings is 3. The molecule has 19 heteroatoms. The Labute approximate surface area is 454 Å². The lowest BCUT2D eigenvalue weighted by atomic mass is 9.79. The molecule has 0 bridgehead atoms. The number of carboxylic acid groups (broad SMARTS) is 1. The lowest BCUT2D eigenvalue weighted by molar-refractivity contribution is -0.149. The van der Waals surface area contributed by atoms with Crippen molar-refractivity contribution in [2.75, 3.05) is 86.7 Å². The van der Waals surface area contributed by atoms with Gasteiger partial charge in [-0.3, -0.25) is 28.8 Å². The number of methoxy groups -OCH3 is 2. The van der Waals surface area contributed by atoms with Gasteiger partial charge in [0, 0.05) is 70.7 Å². The van der Waals surface area contributed by atoms with Crippen LogP contribution in [0, 0.1) is 5.92 Å². The Morgan fingerprint density at radius 3 is 1.69 bits per heavy atom. The Bertz CT molecular complexity index is 2110. The van der Waals surface area contributed by atoms with Crippen molar-refractivity contribution in [1.82, 2.24) is 16.0 Å². The fraction of sp³-hybridized carbons (Fsp3) is 0.569. The summed E-state index contributed by atoms with van der Waals surface area (Å²) in [5.41, 5.74) is 1.46. The summed E-state index contributed by atoms with van der Waals surface area (Å²) in [6.07, 6.45) is 3.90. The van der Waals surface area contributed by atoms with Gasteiger partial charge >= 0.3 is 18.0 Å². The fourth-order valence-corrected chi connectivity index (χ4v) is 7.98. The summed E-state index contributed by atoms with van der Waals surface area (Å²) in [5.74, 6) is -0.895. The Kier molecular flexibility index (Phi) is 32.9. The average Bonchev–Trinajstić information content (AvgIpc) is 3.47. The molecule has 4 N–H and O–H groups in total. The van der Waals surface area contributed by atoms with E-state index >= 15 is 0 Å². The molecule has 0 aliphatic heterocycles. The number of unbranched alkanes of at least 4 members (excludes halogenated alkanes) is 2. The number of carbonyl (C=O) groups is 7. The largest absolute Gasteiger partial charge is 0.497 e. The molecule has 3 rings (SSSR count). The van der Waals surface area contributed by atoms with E-state index in [4.69, 9.17) is 43.0 Å². The number of Topliss-reactive ketones (excluding diaryl/α,β-unsaturated/α-hetero) is 2. The normalized spacial score (nSPS) is 11.9. The molecule has 0 heterocycles. The smallest absolute Gasteiger partial charge is 0.407 e. The van der Waals surface area contributed by atoms with Gasteiger partial charge in [-0.25, -0.2) is 4.79 Å². The number of amides is 3. The SMILES string of the molecule is CCC(=O)CCC(CNC(=O)CC)OC(=O)NCCCOCCOCCOCCCNC(=O)CCC(=O)CCCCCC(COC(=O)CCC(=O)O)COC(c1ccccc1)(c1ccc(OC)cc1)c1ccc(OC)cc1. The van der Waals surface area contributed by atoms with Crippen LogP contribution in [0.15, 0.2) is 78.9 Å². The molecule has 0 aliphatic carbocycles. The lowest BCUT2D eigenvalue weighted by Crippen LogP contribution is -2.38. The first-order valence-corrected chi connectivity index (χ1v) is 26.9. The van der Waals surface area contributed by atoms with Crippen LogP contribution in [0.3, 0.4) is 0 Å². The van der Waals surface area contributed by atoms with E-state index < -0.39 is 29.7 Å². The van der Waals surface area contributed by atoms with Gasteiger partial charge in [0.1, 0.15) is 34.8 Å². The van der Waals surface area contributed by atoms with Crippen molar-refractivity contribution in [2.45, 2.75) is 122 Å². The van der Waals surface area contributed by atoms with Crippen LogP contribution in [-0.2, 0) is 62.8 Å². The van der Waals surface area contributed by atoms with Crippen LogP contribution in [0.1, 0.15) is 127 Å². The van der Waals surface area contributed by atoms with Crippen LogP contribution in [0.4, 0.5) is 4.79 Å². The molecule has 426 valence electrons. The predicted octanol–water partition coefficient (Wildman–Crippen LogP) is 7.66. The summed E-state index contributed by atoms with van der Waals surface area (Å²) in [6, 6.07) is 25.2. The molecule has 3 aromatic carbocycles. The number of hydrogen-bond donors (Lipinski definition) is 4. The van der Waals surface area contributed by atoms with Crippen molar-refractivity contribution in [2.24, 2.45) is 5.92 Å². The van der Waals surface area contributed by atoms with Gasteiger partial charge in [0.2, 0.25) is 11.8 Å². The van der Waals surface area contributed by atoms with Crippen LogP contribution in [0.2, 0.25) is 0 Å². The minimum atomic E-state index is -1.10. The van der Waals surface area contributed by atoms with Crippen LogP contribution in [0.25, 0.3) is 0 Å². The predicted molar refractivity (Wildman–Crippen MR) is 288 cm³/mol. The van der Waals surface area contributed by atoms with Gasteiger partial charge in [-0.05, 0) is 73.1 Å². The van der Waals surface area contributed by atoms with Crippen LogP contribution in [-0.4, -0.2) is 139 Å². The van der Waals surface area contributed by atoms with E-state index in [1.54, 1.807) is 28.1 Å². The maximum absolute atomic E-state index is 12.8. The second-order valence-corrected chi connectivity index (χ2v) is 18.3. The quantitative estimate of drug-likeness (QED) is 0.0241. The third-order valence-corrected chi connectivity index (χ3v) is 12.5. The number of nitrogens with one attached hydrogen (secondary N) is 3. The first kappa shape index (κ1) is 64.9. The zero-order valence-electron chi connectivity index (χ0n) is 45.6. The fourth-order valence-electron chi connectivity index (χ4n) is 7.98. The zero-order valence-corrected chi connectivity index (χ0v) is 45.6. The summed E-state index contributed by atoms with van der Waals surface area (Å²) in [6.45, 7) is 6.92. The maximum atomic E-state index is 12.8. The zero-order chi connectivity index (χ0) is 55.9. The molecule has 2 atom stereocenters. The van der Waals surface area contributed by atoms with Crippen LogP contribution >= 0.6 is 0 Å². The highest BCUT2D eigenvalue weighted by atomic mass is 16.6. The van der Waals surface area contributed by atoms with E-state index in [0.29, 0.717) is 122 Å². The van der Waals surface area contributed by atoms with Crippen molar-refractivity contribution in [3.63, 3.8) is 0 Å². The van der Waals surface area contributed by atoms with Crippen molar-refractivity contribution in [3.8, 4) is 11.5 Å². The molecule has 77 heavy (non-hydrogen) atoms. The van der Waals surface area contributed by atoms with Crippen molar-refractivity contribution < 1.29 is 76.6 Å². The first-order valence-electron chi connectivity index (χ1n) is 26.9. The van der Waals surface area contributed by atoms with Crippen molar-refractivity contribution in [1.29, 1.82) is 0 Å². The Morgan fingerprint density at radius 1 is 0.532 bits per heavy atom.